The first-order chi connectivity index (χ1) is 13.9. The van der Waals surface area contributed by atoms with Gasteiger partial charge in [0, 0.05) is 11.1 Å². The van der Waals surface area contributed by atoms with E-state index in [1.807, 2.05) is 36.4 Å². The fourth-order valence-electron chi connectivity index (χ4n) is 3.85. The third-order valence-electron chi connectivity index (χ3n) is 5.00. The quantitative estimate of drug-likeness (QED) is 0.706. The van der Waals surface area contributed by atoms with E-state index >= 15 is 0 Å². The SMILES string of the molecule is COc1ccccc1-c1ccc2c(c1)C(C(C)OS(C)(=O)=O)=CC(C)(C)N2C(=O)O. The average Bonchev–Trinajstić information content (AvgIpc) is 2.64. The Bertz CT molecular complexity index is 1120. The Morgan fingerprint density at radius 2 is 1.80 bits per heavy atom. The summed E-state index contributed by atoms with van der Waals surface area (Å²) in [5.41, 5.74) is 2.42. The van der Waals surface area contributed by atoms with Crippen molar-refractivity contribution in [2.24, 2.45) is 0 Å². The zero-order valence-corrected chi connectivity index (χ0v) is 18.4. The molecule has 1 atom stereocenters. The number of fused-ring (bicyclic) bond motifs is 1. The molecule has 1 heterocycles. The minimum atomic E-state index is -3.71. The smallest absolute Gasteiger partial charge is 0.412 e. The van der Waals surface area contributed by atoms with E-state index in [0.717, 1.165) is 17.4 Å². The van der Waals surface area contributed by atoms with Gasteiger partial charge in [0.25, 0.3) is 10.1 Å². The van der Waals surface area contributed by atoms with E-state index in [9.17, 15) is 18.3 Å². The highest BCUT2D eigenvalue weighted by Gasteiger charge is 2.38. The zero-order valence-electron chi connectivity index (χ0n) is 17.5. The van der Waals surface area contributed by atoms with Gasteiger partial charge in [0.2, 0.25) is 0 Å². The summed E-state index contributed by atoms with van der Waals surface area (Å²) < 4.78 is 34.1. The first kappa shape index (κ1) is 21.9. The molecule has 0 bridgehead atoms. The van der Waals surface area contributed by atoms with Gasteiger partial charge in [-0.3, -0.25) is 9.08 Å². The lowest BCUT2D eigenvalue weighted by Gasteiger charge is -2.41. The second-order valence-corrected chi connectivity index (χ2v) is 9.35. The lowest BCUT2D eigenvalue weighted by Crippen LogP contribution is -2.49. The Morgan fingerprint density at radius 3 is 2.40 bits per heavy atom. The van der Waals surface area contributed by atoms with Crippen LogP contribution in [0.5, 0.6) is 5.75 Å². The van der Waals surface area contributed by atoms with Gasteiger partial charge in [0.15, 0.2) is 0 Å². The molecular formula is C22H25NO6S. The largest absolute Gasteiger partial charge is 0.496 e. The molecule has 0 radical (unpaired) electrons. The van der Waals surface area contributed by atoms with Gasteiger partial charge in [-0.2, -0.15) is 8.42 Å². The van der Waals surface area contributed by atoms with Crippen LogP contribution in [0.4, 0.5) is 10.5 Å². The molecule has 0 saturated carbocycles. The van der Waals surface area contributed by atoms with Crippen molar-refractivity contribution in [2.75, 3.05) is 18.3 Å². The van der Waals surface area contributed by atoms with Crippen molar-refractivity contribution < 1.29 is 27.2 Å². The van der Waals surface area contributed by atoms with E-state index < -0.39 is 27.9 Å². The van der Waals surface area contributed by atoms with Crippen molar-refractivity contribution in [1.82, 2.24) is 0 Å². The number of carboxylic acid groups (broad SMARTS) is 1. The summed E-state index contributed by atoms with van der Waals surface area (Å²) in [6.45, 7) is 5.15. The van der Waals surface area contributed by atoms with Crippen LogP contribution < -0.4 is 9.64 Å². The number of hydrogen-bond donors (Lipinski definition) is 1. The molecule has 2 aromatic carbocycles. The average molecular weight is 432 g/mol. The summed E-state index contributed by atoms with van der Waals surface area (Å²) in [6, 6.07) is 12.9. The predicted octanol–water partition coefficient (Wildman–Crippen LogP) is 4.39. The van der Waals surface area contributed by atoms with Crippen LogP contribution >= 0.6 is 0 Å². The van der Waals surface area contributed by atoms with E-state index in [0.29, 0.717) is 22.6 Å². The predicted molar refractivity (Wildman–Crippen MR) is 116 cm³/mol. The summed E-state index contributed by atoms with van der Waals surface area (Å²) in [5, 5.41) is 9.85. The van der Waals surface area contributed by atoms with Crippen molar-refractivity contribution in [1.29, 1.82) is 0 Å². The van der Waals surface area contributed by atoms with Gasteiger partial charge in [-0.1, -0.05) is 30.3 Å². The van der Waals surface area contributed by atoms with E-state index in [4.69, 9.17) is 8.92 Å². The van der Waals surface area contributed by atoms with E-state index in [1.165, 1.54) is 4.90 Å². The number of methoxy groups -OCH3 is 1. The number of carbonyl (C=O) groups is 1. The summed E-state index contributed by atoms with van der Waals surface area (Å²) >= 11 is 0. The van der Waals surface area contributed by atoms with Crippen molar-refractivity contribution in [3.8, 4) is 16.9 Å². The molecule has 1 unspecified atom stereocenters. The van der Waals surface area contributed by atoms with Crippen molar-refractivity contribution in [3.63, 3.8) is 0 Å². The molecule has 1 amide bonds. The number of hydrogen-bond acceptors (Lipinski definition) is 5. The molecule has 2 aromatic rings. The minimum absolute atomic E-state index is 0.465. The van der Waals surface area contributed by atoms with Gasteiger partial charge in [-0.25, -0.2) is 4.79 Å². The first-order valence-electron chi connectivity index (χ1n) is 9.36. The normalized spacial score (nSPS) is 16.4. The molecule has 7 nitrogen and oxygen atoms in total. The summed E-state index contributed by atoms with van der Waals surface area (Å²) in [4.78, 5) is 13.3. The van der Waals surface area contributed by atoms with Crippen LogP contribution in [-0.4, -0.2) is 44.6 Å². The maximum absolute atomic E-state index is 12.0. The number of amides is 1. The van der Waals surface area contributed by atoms with Crippen molar-refractivity contribution in [2.45, 2.75) is 32.4 Å². The standard InChI is InChI=1S/C22H25NO6S/c1-14(29-30(5,26)27)18-13-22(2,3)23(21(24)25)19-11-10-15(12-17(18)19)16-8-6-7-9-20(16)28-4/h6-14H,1-5H3,(H,24,25). The zero-order chi connectivity index (χ0) is 22.3. The number of para-hydroxylation sites is 1. The molecule has 0 aromatic heterocycles. The van der Waals surface area contributed by atoms with Crippen LogP contribution in [0.15, 0.2) is 48.5 Å². The van der Waals surface area contributed by atoms with E-state index in [1.54, 1.807) is 40.0 Å². The highest BCUT2D eigenvalue weighted by molar-refractivity contribution is 7.86. The number of nitrogens with zero attached hydrogens (tertiary/aromatic N) is 1. The van der Waals surface area contributed by atoms with Crippen LogP contribution in [0, 0.1) is 0 Å². The second-order valence-electron chi connectivity index (χ2n) is 7.75. The Balaban J connectivity index is 2.23. The van der Waals surface area contributed by atoms with Gasteiger partial charge < -0.3 is 9.84 Å². The van der Waals surface area contributed by atoms with Crippen LogP contribution in [0.25, 0.3) is 16.7 Å². The molecule has 1 aliphatic rings. The molecule has 30 heavy (non-hydrogen) atoms. The molecule has 160 valence electrons. The van der Waals surface area contributed by atoms with Crippen LogP contribution in [0.1, 0.15) is 26.3 Å². The van der Waals surface area contributed by atoms with Crippen LogP contribution in [0.3, 0.4) is 0 Å². The van der Waals surface area contributed by atoms with Gasteiger partial charge >= 0.3 is 6.09 Å². The molecule has 0 spiro atoms. The topological polar surface area (TPSA) is 93.1 Å². The molecule has 0 saturated heterocycles. The third kappa shape index (κ3) is 4.20. The van der Waals surface area contributed by atoms with E-state index in [2.05, 4.69) is 0 Å². The molecule has 1 N–H and O–H groups in total. The van der Waals surface area contributed by atoms with E-state index in [-0.39, 0.29) is 0 Å². The van der Waals surface area contributed by atoms with Crippen molar-refractivity contribution >= 4 is 27.5 Å². The maximum Gasteiger partial charge on any atom is 0.412 e. The number of ether oxygens (including phenoxy) is 1. The Hall–Kier alpha value is -2.84. The Morgan fingerprint density at radius 1 is 1.13 bits per heavy atom. The number of anilines is 1. The third-order valence-corrected chi connectivity index (χ3v) is 5.64. The lowest BCUT2D eigenvalue weighted by molar-refractivity contribution is 0.196. The van der Waals surface area contributed by atoms with Crippen LogP contribution in [0.2, 0.25) is 0 Å². The molecule has 0 aliphatic carbocycles. The highest BCUT2D eigenvalue weighted by atomic mass is 32.2. The Kier molecular flexibility index (Phi) is 5.66. The summed E-state index contributed by atoms with van der Waals surface area (Å²) in [7, 11) is -2.12. The molecule has 8 heteroatoms. The van der Waals surface area contributed by atoms with Gasteiger partial charge in [0.05, 0.1) is 30.7 Å². The maximum atomic E-state index is 12.0. The fraction of sp³-hybridized carbons (Fsp3) is 0.318. The lowest BCUT2D eigenvalue weighted by atomic mass is 9.85. The first-order valence-corrected chi connectivity index (χ1v) is 11.2. The summed E-state index contributed by atoms with van der Waals surface area (Å²) in [5.74, 6) is 0.676. The Labute approximate surface area is 176 Å². The number of benzene rings is 2. The summed E-state index contributed by atoms with van der Waals surface area (Å²) in [6.07, 6.45) is 0.846. The fourth-order valence-corrected chi connectivity index (χ4v) is 4.47. The monoisotopic (exact) mass is 431 g/mol. The van der Waals surface area contributed by atoms with Gasteiger partial charge in [-0.15, -0.1) is 0 Å². The van der Waals surface area contributed by atoms with Crippen molar-refractivity contribution in [3.05, 3.63) is 54.1 Å². The minimum Gasteiger partial charge on any atom is -0.496 e. The van der Waals surface area contributed by atoms with Crippen LogP contribution in [-0.2, 0) is 14.3 Å². The molecule has 0 fully saturated rings. The molecule has 1 aliphatic heterocycles. The second kappa shape index (κ2) is 7.77. The van der Waals surface area contributed by atoms with Gasteiger partial charge in [-0.05, 0) is 50.1 Å². The number of rotatable bonds is 5. The highest BCUT2D eigenvalue weighted by Crippen LogP contribution is 2.43. The molecular weight excluding hydrogens is 406 g/mol. The molecule has 3 rings (SSSR count). The van der Waals surface area contributed by atoms with Gasteiger partial charge in [0.1, 0.15) is 5.75 Å².